The first-order chi connectivity index (χ1) is 12.1. The number of benzene rings is 1. The van der Waals surface area contributed by atoms with Gasteiger partial charge in [0.1, 0.15) is 5.75 Å². The smallest absolute Gasteiger partial charge is 0.314 e. The number of urea groups is 1. The van der Waals surface area contributed by atoms with Crippen molar-refractivity contribution in [3.8, 4) is 5.75 Å². The normalized spacial score (nSPS) is 15.1. The zero-order valence-corrected chi connectivity index (χ0v) is 15.2. The van der Waals surface area contributed by atoms with E-state index in [0.29, 0.717) is 13.0 Å². The van der Waals surface area contributed by atoms with Gasteiger partial charge >= 0.3 is 6.03 Å². The molecule has 1 unspecified atom stereocenters. The molecule has 1 heterocycles. The fraction of sp³-hybridized carbons (Fsp3) is 0.579. The number of amides is 3. The lowest BCUT2D eigenvalue weighted by Gasteiger charge is -2.17. The average Bonchev–Trinajstić information content (AvgIpc) is 3.02. The van der Waals surface area contributed by atoms with Crippen molar-refractivity contribution >= 4 is 11.9 Å². The number of nitrogens with one attached hydrogen (secondary N) is 2. The predicted octanol–water partition coefficient (Wildman–Crippen LogP) is 2.33. The Hall–Kier alpha value is -2.24. The molecular weight excluding hydrogens is 318 g/mol. The number of hydrogen-bond donors (Lipinski definition) is 2. The molecule has 1 aromatic rings. The molecular formula is C19H29N3O3. The van der Waals surface area contributed by atoms with Crippen molar-refractivity contribution < 1.29 is 14.3 Å². The zero-order valence-electron chi connectivity index (χ0n) is 15.2. The Morgan fingerprint density at radius 2 is 2.08 bits per heavy atom. The van der Waals surface area contributed by atoms with Gasteiger partial charge in [0.05, 0.1) is 7.11 Å². The summed E-state index contributed by atoms with van der Waals surface area (Å²) in [5.74, 6) is 1.08. The van der Waals surface area contributed by atoms with Crippen LogP contribution in [0, 0.1) is 0 Å². The summed E-state index contributed by atoms with van der Waals surface area (Å²) < 4.78 is 5.15. The first-order valence-corrected chi connectivity index (χ1v) is 9.03. The molecule has 1 aliphatic rings. The lowest BCUT2D eigenvalue weighted by atomic mass is 10.1. The standard InChI is InChI=1S/C19H29N3O3/c1-15(6-7-16-8-10-17(25-2)11-9-16)21-19(24)20-12-4-14-22-13-3-5-18(22)23/h8-11,15H,3-7,12-14H2,1-2H3,(H2,20,21,24). The van der Waals surface area contributed by atoms with E-state index >= 15 is 0 Å². The van der Waals surface area contributed by atoms with Gasteiger partial charge in [-0.15, -0.1) is 0 Å². The van der Waals surface area contributed by atoms with Crippen LogP contribution in [0.1, 0.15) is 38.2 Å². The number of nitrogens with zero attached hydrogens (tertiary/aromatic N) is 1. The van der Waals surface area contributed by atoms with E-state index in [9.17, 15) is 9.59 Å². The van der Waals surface area contributed by atoms with Crippen LogP contribution in [0.5, 0.6) is 5.75 Å². The Balaban J connectivity index is 1.56. The van der Waals surface area contributed by atoms with Crippen LogP contribution in [0.3, 0.4) is 0 Å². The molecule has 1 saturated heterocycles. The van der Waals surface area contributed by atoms with Crippen LogP contribution in [0.4, 0.5) is 4.79 Å². The molecule has 0 bridgehead atoms. The zero-order chi connectivity index (χ0) is 18.1. The van der Waals surface area contributed by atoms with Crippen molar-refractivity contribution in [2.45, 2.75) is 45.1 Å². The van der Waals surface area contributed by atoms with Crippen molar-refractivity contribution in [1.82, 2.24) is 15.5 Å². The van der Waals surface area contributed by atoms with Gasteiger partial charge in [-0.3, -0.25) is 4.79 Å². The van der Waals surface area contributed by atoms with Crippen molar-refractivity contribution in [3.05, 3.63) is 29.8 Å². The van der Waals surface area contributed by atoms with Crippen LogP contribution in [0.15, 0.2) is 24.3 Å². The third-order valence-corrected chi connectivity index (χ3v) is 4.46. The number of carbonyl (C=O) groups excluding carboxylic acids is 2. The summed E-state index contributed by atoms with van der Waals surface area (Å²) in [5, 5.41) is 5.82. The van der Waals surface area contributed by atoms with Gasteiger partial charge in [0.25, 0.3) is 0 Å². The van der Waals surface area contributed by atoms with E-state index in [1.807, 2.05) is 36.1 Å². The van der Waals surface area contributed by atoms with Gasteiger partial charge in [-0.1, -0.05) is 12.1 Å². The number of methoxy groups -OCH3 is 1. The summed E-state index contributed by atoms with van der Waals surface area (Å²) in [6, 6.07) is 7.95. The fourth-order valence-corrected chi connectivity index (χ4v) is 2.93. The number of aryl methyl sites for hydroxylation is 1. The molecule has 0 aromatic heterocycles. The minimum Gasteiger partial charge on any atom is -0.497 e. The number of likely N-dealkylation sites (tertiary alicyclic amines) is 1. The van der Waals surface area contributed by atoms with Gasteiger partial charge in [-0.2, -0.15) is 0 Å². The van der Waals surface area contributed by atoms with Gasteiger partial charge in [0.2, 0.25) is 5.91 Å². The Kier molecular flexibility index (Phi) is 7.57. The van der Waals surface area contributed by atoms with Crippen LogP contribution >= 0.6 is 0 Å². The summed E-state index contributed by atoms with van der Waals surface area (Å²) in [5.41, 5.74) is 1.23. The molecule has 1 aromatic carbocycles. The van der Waals surface area contributed by atoms with Crippen LogP contribution in [0.2, 0.25) is 0 Å². The molecule has 0 aliphatic carbocycles. The van der Waals surface area contributed by atoms with Crippen LogP contribution < -0.4 is 15.4 Å². The number of carbonyl (C=O) groups is 2. The molecule has 138 valence electrons. The Morgan fingerprint density at radius 3 is 2.72 bits per heavy atom. The Labute approximate surface area is 149 Å². The molecule has 1 atom stereocenters. The molecule has 0 saturated carbocycles. The van der Waals surface area contributed by atoms with Gasteiger partial charge in [0, 0.05) is 32.1 Å². The van der Waals surface area contributed by atoms with Crippen LogP contribution in [-0.4, -0.2) is 49.6 Å². The van der Waals surface area contributed by atoms with E-state index in [4.69, 9.17) is 4.74 Å². The first-order valence-electron chi connectivity index (χ1n) is 9.03. The topological polar surface area (TPSA) is 70.7 Å². The fourth-order valence-electron chi connectivity index (χ4n) is 2.93. The second-order valence-corrected chi connectivity index (χ2v) is 6.53. The Bertz CT molecular complexity index is 560. The highest BCUT2D eigenvalue weighted by Crippen LogP contribution is 2.13. The molecule has 1 fully saturated rings. The maximum Gasteiger partial charge on any atom is 0.314 e. The van der Waals surface area contributed by atoms with E-state index < -0.39 is 0 Å². The molecule has 0 radical (unpaired) electrons. The summed E-state index contributed by atoms with van der Waals surface area (Å²) >= 11 is 0. The van der Waals surface area contributed by atoms with Crippen molar-refractivity contribution in [3.63, 3.8) is 0 Å². The van der Waals surface area contributed by atoms with Crippen molar-refractivity contribution in [1.29, 1.82) is 0 Å². The summed E-state index contributed by atoms with van der Waals surface area (Å²) in [6.07, 6.45) is 4.20. The summed E-state index contributed by atoms with van der Waals surface area (Å²) in [6.45, 7) is 4.17. The molecule has 6 nitrogen and oxygen atoms in total. The van der Waals surface area contributed by atoms with Gasteiger partial charge in [-0.25, -0.2) is 4.79 Å². The molecule has 2 N–H and O–H groups in total. The van der Waals surface area contributed by atoms with Crippen LogP contribution in [0.25, 0.3) is 0 Å². The predicted molar refractivity (Wildman–Crippen MR) is 97.7 cm³/mol. The third kappa shape index (κ3) is 6.64. The summed E-state index contributed by atoms with van der Waals surface area (Å²) in [7, 11) is 1.66. The third-order valence-electron chi connectivity index (χ3n) is 4.46. The van der Waals surface area contributed by atoms with E-state index in [2.05, 4.69) is 10.6 Å². The largest absolute Gasteiger partial charge is 0.497 e. The SMILES string of the molecule is COc1ccc(CCC(C)NC(=O)NCCCN2CCCC2=O)cc1. The molecule has 25 heavy (non-hydrogen) atoms. The second-order valence-electron chi connectivity index (χ2n) is 6.53. The van der Waals surface area contributed by atoms with E-state index in [-0.39, 0.29) is 18.0 Å². The molecule has 1 aliphatic heterocycles. The van der Waals surface area contributed by atoms with E-state index in [0.717, 1.165) is 44.5 Å². The first kappa shape index (κ1) is 19.1. The van der Waals surface area contributed by atoms with E-state index in [1.165, 1.54) is 5.56 Å². The van der Waals surface area contributed by atoms with E-state index in [1.54, 1.807) is 7.11 Å². The van der Waals surface area contributed by atoms with Gasteiger partial charge in [-0.05, 0) is 50.3 Å². The minimum atomic E-state index is -0.144. The number of hydrogen-bond acceptors (Lipinski definition) is 3. The molecule has 2 rings (SSSR count). The lowest BCUT2D eigenvalue weighted by Crippen LogP contribution is -2.42. The van der Waals surface area contributed by atoms with Crippen LogP contribution in [-0.2, 0) is 11.2 Å². The number of ether oxygens (including phenoxy) is 1. The van der Waals surface area contributed by atoms with Crippen molar-refractivity contribution in [2.75, 3.05) is 26.7 Å². The Morgan fingerprint density at radius 1 is 1.32 bits per heavy atom. The maximum atomic E-state index is 11.9. The monoisotopic (exact) mass is 347 g/mol. The average molecular weight is 347 g/mol. The molecule has 6 heteroatoms. The highest BCUT2D eigenvalue weighted by atomic mass is 16.5. The second kappa shape index (κ2) is 9.91. The van der Waals surface area contributed by atoms with Gasteiger partial charge < -0.3 is 20.3 Å². The quantitative estimate of drug-likeness (QED) is 0.674. The molecule has 0 spiro atoms. The van der Waals surface area contributed by atoms with Crippen molar-refractivity contribution in [2.24, 2.45) is 0 Å². The minimum absolute atomic E-state index is 0.0993. The molecule has 3 amide bonds. The highest BCUT2D eigenvalue weighted by Gasteiger charge is 2.19. The lowest BCUT2D eigenvalue weighted by molar-refractivity contribution is -0.127. The summed E-state index contributed by atoms with van der Waals surface area (Å²) in [4.78, 5) is 25.3. The highest BCUT2D eigenvalue weighted by molar-refractivity contribution is 5.78. The van der Waals surface area contributed by atoms with Gasteiger partial charge in [0.15, 0.2) is 0 Å². The number of rotatable bonds is 9. The maximum absolute atomic E-state index is 11.9.